The molecule has 0 amide bonds. The van der Waals surface area contributed by atoms with Gasteiger partial charge in [0.05, 0.1) is 23.3 Å². The monoisotopic (exact) mass is 422 g/mol. The molecule has 3 N–H and O–H groups in total. The second-order valence-electron chi connectivity index (χ2n) is 7.27. The average Bonchev–Trinajstić information content (AvgIpc) is 2.70. The highest BCUT2D eigenvalue weighted by Crippen LogP contribution is 2.40. The van der Waals surface area contributed by atoms with E-state index in [9.17, 15) is 27.8 Å². The van der Waals surface area contributed by atoms with Crippen LogP contribution in [0, 0.1) is 5.82 Å². The molecule has 158 valence electrons. The smallest absolute Gasteiger partial charge is 0.416 e. The third-order valence-corrected chi connectivity index (χ3v) is 5.27. The number of benzene rings is 1. The number of nitrogens with one attached hydrogen (secondary N) is 1. The van der Waals surface area contributed by atoms with Gasteiger partial charge in [-0.2, -0.15) is 13.2 Å². The molecule has 1 saturated carbocycles. The van der Waals surface area contributed by atoms with Crippen LogP contribution in [0.25, 0.3) is 22.0 Å². The highest BCUT2D eigenvalue weighted by molar-refractivity contribution is 6.00. The molecule has 2 heterocycles. The maximum Gasteiger partial charge on any atom is 0.416 e. The standard InChI is InChI=1S/C20H18F4N4O2/c21-13-7-10(20(22,23)24)8-16(30)17(13)18-11-5-6-25-9-12(11)19(28-27-18)26-14-3-1-2-4-15(14)29/h5-9,14-15,29-30H,1-4H2,(H,26,28)/t14-,15+/m0/s1. The van der Waals surface area contributed by atoms with Gasteiger partial charge in [-0.25, -0.2) is 4.39 Å². The molecule has 1 aliphatic carbocycles. The maximum atomic E-state index is 14.6. The number of aromatic hydroxyl groups is 1. The number of phenols is 1. The molecule has 10 heteroatoms. The summed E-state index contributed by atoms with van der Waals surface area (Å²) in [4.78, 5) is 4.04. The van der Waals surface area contributed by atoms with Crippen LogP contribution < -0.4 is 5.32 Å². The number of aliphatic hydroxyl groups excluding tert-OH is 1. The molecule has 2 aromatic heterocycles. The molecular weight excluding hydrogens is 404 g/mol. The van der Waals surface area contributed by atoms with E-state index in [2.05, 4.69) is 20.5 Å². The third kappa shape index (κ3) is 3.74. The van der Waals surface area contributed by atoms with Gasteiger partial charge in [0.2, 0.25) is 0 Å². The predicted octanol–water partition coefficient (Wildman–Crippen LogP) is 4.27. The van der Waals surface area contributed by atoms with Crippen LogP contribution in [0.2, 0.25) is 0 Å². The number of phenolic OH excluding ortho intramolecular Hbond substituents is 1. The molecule has 0 spiro atoms. The van der Waals surface area contributed by atoms with Crippen molar-refractivity contribution in [3.8, 4) is 17.0 Å². The number of halogens is 4. The van der Waals surface area contributed by atoms with Crippen molar-refractivity contribution in [2.45, 2.75) is 44.0 Å². The van der Waals surface area contributed by atoms with E-state index in [4.69, 9.17) is 0 Å². The first-order valence-corrected chi connectivity index (χ1v) is 9.41. The van der Waals surface area contributed by atoms with Crippen molar-refractivity contribution in [1.82, 2.24) is 15.2 Å². The van der Waals surface area contributed by atoms with Crippen molar-refractivity contribution in [2.24, 2.45) is 0 Å². The van der Waals surface area contributed by atoms with Crippen LogP contribution in [-0.2, 0) is 6.18 Å². The lowest BCUT2D eigenvalue weighted by atomic mass is 9.92. The summed E-state index contributed by atoms with van der Waals surface area (Å²) in [6.45, 7) is 0. The number of alkyl halides is 3. The molecule has 1 aliphatic rings. The highest BCUT2D eigenvalue weighted by Gasteiger charge is 2.33. The summed E-state index contributed by atoms with van der Waals surface area (Å²) in [5, 5.41) is 32.3. The topological polar surface area (TPSA) is 91.2 Å². The molecule has 30 heavy (non-hydrogen) atoms. The Balaban J connectivity index is 1.81. The lowest BCUT2D eigenvalue weighted by Crippen LogP contribution is -2.36. The number of aliphatic hydroxyl groups is 1. The first kappa shape index (κ1) is 20.3. The van der Waals surface area contributed by atoms with Crippen molar-refractivity contribution in [3.63, 3.8) is 0 Å². The second-order valence-corrected chi connectivity index (χ2v) is 7.27. The molecular formula is C20H18F4N4O2. The Morgan fingerprint density at radius 2 is 1.83 bits per heavy atom. The van der Waals surface area contributed by atoms with Gasteiger partial charge in [-0.15, -0.1) is 10.2 Å². The number of hydrogen-bond donors (Lipinski definition) is 3. The van der Waals surface area contributed by atoms with E-state index in [1.54, 1.807) is 0 Å². The Hall–Kier alpha value is -3.01. The zero-order valence-corrected chi connectivity index (χ0v) is 15.6. The fraction of sp³-hybridized carbons (Fsp3) is 0.350. The average molecular weight is 422 g/mol. The largest absolute Gasteiger partial charge is 0.507 e. The minimum Gasteiger partial charge on any atom is -0.507 e. The van der Waals surface area contributed by atoms with Crippen molar-refractivity contribution >= 4 is 16.6 Å². The van der Waals surface area contributed by atoms with Gasteiger partial charge in [-0.05, 0) is 31.0 Å². The molecule has 1 aromatic carbocycles. The summed E-state index contributed by atoms with van der Waals surface area (Å²) < 4.78 is 53.3. The van der Waals surface area contributed by atoms with Gasteiger partial charge in [0, 0.05) is 23.2 Å². The van der Waals surface area contributed by atoms with Crippen LogP contribution in [0.4, 0.5) is 23.4 Å². The van der Waals surface area contributed by atoms with Gasteiger partial charge in [0.1, 0.15) is 17.3 Å². The van der Waals surface area contributed by atoms with Crippen LogP contribution >= 0.6 is 0 Å². The van der Waals surface area contributed by atoms with Crippen LogP contribution in [-0.4, -0.2) is 37.5 Å². The summed E-state index contributed by atoms with van der Waals surface area (Å²) in [7, 11) is 0. The van der Waals surface area contributed by atoms with Gasteiger partial charge in [-0.1, -0.05) is 12.8 Å². The van der Waals surface area contributed by atoms with Gasteiger partial charge in [0.15, 0.2) is 5.82 Å². The maximum absolute atomic E-state index is 14.6. The number of rotatable bonds is 3. The van der Waals surface area contributed by atoms with Crippen molar-refractivity contribution in [3.05, 3.63) is 42.0 Å². The Bertz CT molecular complexity index is 1070. The van der Waals surface area contributed by atoms with Crippen LogP contribution in [0.1, 0.15) is 31.2 Å². The number of nitrogens with zero attached hydrogens (tertiary/aromatic N) is 3. The number of hydrogen-bond acceptors (Lipinski definition) is 6. The second kappa shape index (κ2) is 7.67. The van der Waals surface area contributed by atoms with E-state index in [0.29, 0.717) is 35.1 Å². The van der Waals surface area contributed by atoms with Crippen LogP contribution in [0.5, 0.6) is 5.75 Å². The number of anilines is 1. The molecule has 0 unspecified atom stereocenters. The first-order valence-electron chi connectivity index (χ1n) is 9.41. The van der Waals surface area contributed by atoms with Crippen molar-refractivity contribution in [1.29, 1.82) is 0 Å². The minimum absolute atomic E-state index is 0.106. The molecule has 3 aromatic rings. The highest BCUT2D eigenvalue weighted by atomic mass is 19.4. The van der Waals surface area contributed by atoms with E-state index in [0.717, 1.165) is 19.3 Å². The minimum atomic E-state index is -4.80. The molecule has 0 saturated heterocycles. The zero-order valence-electron chi connectivity index (χ0n) is 15.6. The summed E-state index contributed by atoms with van der Waals surface area (Å²) in [5.41, 5.74) is -1.88. The lowest BCUT2D eigenvalue weighted by molar-refractivity contribution is -0.137. The van der Waals surface area contributed by atoms with Gasteiger partial charge in [0.25, 0.3) is 0 Å². The summed E-state index contributed by atoms with van der Waals surface area (Å²) in [5.74, 6) is -1.84. The van der Waals surface area contributed by atoms with Crippen molar-refractivity contribution < 1.29 is 27.8 Å². The van der Waals surface area contributed by atoms with E-state index in [1.165, 1.54) is 18.5 Å². The fourth-order valence-electron chi connectivity index (χ4n) is 3.73. The summed E-state index contributed by atoms with van der Waals surface area (Å²) >= 11 is 0. The summed E-state index contributed by atoms with van der Waals surface area (Å²) in [6, 6.07) is 2.04. The third-order valence-electron chi connectivity index (χ3n) is 5.27. The van der Waals surface area contributed by atoms with Crippen LogP contribution in [0.3, 0.4) is 0 Å². The Morgan fingerprint density at radius 3 is 2.53 bits per heavy atom. The Morgan fingerprint density at radius 1 is 1.07 bits per heavy atom. The van der Waals surface area contributed by atoms with Gasteiger partial charge >= 0.3 is 6.18 Å². The van der Waals surface area contributed by atoms with E-state index < -0.39 is 35.0 Å². The van der Waals surface area contributed by atoms with Gasteiger partial charge in [-0.3, -0.25) is 4.98 Å². The van der Waals surface area contributed by atoms with Crippen LogP contribution in [0.15, 0.2) is 30.6 Å². The lowest BCUT2D eigenvalue weighted by Gasteiger charge is -2.29. The first-order chi connectivity index (χ1) is 14.3. The molecule has 6 nitrogen and oxygen atoms in total. The normalized spacial score (nSPS) is 19.8. The SMILES string of the molecule is Oc1cc(C(F)(F)F)cc(F)c1-c1nnc(N[C@H]2CCCC[C@H]2O)c2cnccc12. The summed E-state index contributed by atoms with van der Waals surface area (Å²) in [6.07, 6.45) is 0.798. The number of fused-ring (bicyclic) bond motifs is 1. The molecule has 1 fully saturated rings. The van der Waals surface area contributed by atoms with Gasteiger partial charge < -0.3 is 15.5 Å². The molecule has 0 aliphatic heterocycles. The molecule has 0 radical (unpaired) electrons. The number of pyridine rings is 1. The number of aromatic nitrogens is 3. The zero-order chi connectivity index (χ0) is 21.5. The Kier molecular flexibility index (Phi) is 5.19. The quantitative estimate of drug-likeness (QED) is 0.546. The molecule has 2 atom stereocenters. The van der Waals surface area contributed by atoms with E-state index in [1.807, 2.05) is 0 Å². The Labute approximate surface area is 168 Å². The molecule has 0 bridgehead atoms. The van der Waals surface area contributed by atoms with Crippen molar-refractivity contribution in [2.75, 3.05) is 5.32 Å². The molecule has 4 rings (SSSR count). The predicted molar refractivity (Wildman–Crippen MR) is 101 cm³/mol. The fourth-order valence-corrected chi connectivity index (χ4v) is 3.73. The van der Waals surface area contributed by atoms with E-state index in [-0.39, 0.29) is 11.7 Å². The van der Waals surface area contributed by atoms with E-state index >= 15 is 0 Å².